The van der Waals surface area contributed by atoms with Crippen LogP contribution in [0.5, 0.6) is 17.2 Å². The maximum atomic E-state index is 10.3. The molecule has 0 heterocycles. The fourth-order valence-electron chi connectivity index (χ4n) is 1.06. The number of phenols is 2. The van der Waals surface area contributed by atoms with E-state index in [9.17, 15) is 5.11 Å². The molecular formula is C13H13NaO3. The molecule has 0 aliphatic carbocycles. The number of aryl methyl sites for hydroxylation is 1. The van der Waals surface area contributed by atoms with E-state index >= 15 is 0 Å². The summed E-state index contributed by atoms with van der Waals surface area (Å²) in [6.45, 7) is 1.73. The van der Waals surface area contributed by atoms with Crippen molar-refractivity contribution in [1.29, 1.82) is 0 Å². The van der Waals surface area contributed by atoms with Crippen molar-refractivity contribution >= 4 is 0 Å². The van der Waals surface area contributed by atoms with E-state index in [2.05, 4.69) is 0 Å². The largest absolute Gasteiger partial charge is 1.00 e. The van der Waals surface area contributed by atoms with Crippen LogP contribution in [0.3, 0.4) is 0 Å². The Kier molecular flexibility index (Phi) is 7.46. The molecule has 0 unspecified atom stereocenters. The van der Waals surface area contributed by atoms with Crippen LogP contribution in [0.4, 0.5) is 0 Å². The van der Waals surface area contributed by atoms with E-state index in [4.69, 9.17) is 10.2 Å². The van der Waals surface area contributed by atoms with Crippen LogP contribution in [0.15, 0.2) is 48.5 Å². The van der Waals surface area contributed by atoms with Crippen LogP contribution in [0.2, 0.25) is 0 Å². The summed E-state index contributed by atoms with van der Waals surface area (Å²) in [5, 5.41) is 28.1. The smallest absolute Gasteiger partial charge is 0.872 e. The van der Waals surface area contributed by atoms with Gasteiger partial charge in [0.05, 0.1) is 0 Å². The minimum atomic E-state index is -0.0602. The first kappa shape index (κ1) is 15.8. The van der Waals surface area contributed by atoms with Crippen LogP contribution in [0.1, 0.15) is 5.56 Å². The molecule has 4 heteroatoms. The van der Waals surface area contributed by atoms with Gasteiger partial charge in [0.15, 0.2) is 11.5 Å². The summed E-state index contributed by atoms with van der Waals surface area (Å²) in [5.74, 6) is -0.0185. The average Bonchev–Trinajstić information content (AvgIpc) is 2.28. The molecule has 0 radical (unpaired) electrons. The first-order valence-electron chi connectivity index (χ1n) is 4.81. The standard InChI is InChI=1S/C7H8O2.C6H6O.Na/c1-5-3-2-4-6(8)7(5)9;7-6-4-2-1-3-5-6;/h2-4,8-9H,1H3;1-5,7H;/q;;+1/p-1. The second-order valence-corrected chi connectivity index (χ2v) is 3.26. The molecule has 0 saturated heterocycles. The molecule has 2 aromatic rings. The zero-order valence-corrected chi connectivity index (χ0v) is 11.9. The molecule has 0 saturated carbocycles. The maximum absolute atomic E-state index is 10.3. The van der Waals surface area contributed by atoms with Crippen LogP contribution in [0.25, 0.3) is 0 Å². The van der Waals surface area contributed by atoms with Gasteiger partial charge in [0.25, 0.3) is 0 Å². The Hall–Kier alpha value is -1.16. The summed E-state index contributed by atoms with van der Waals surface area (Å²) < 4.78 is 0. The van der Waals surface area contributed by atoms with Crippen LogP contribution >= 0.6 is 0 Å². The van der Waals surface area contributed by atoms with Gasteiger partial charge in [-0.15, -0.1) is 5.75 Å². The predicted molar refractivity (Wildman–Crippen MR) is 60.4 cm³/mol. The van der Waals surface area contributed by atoms with Gasteiger partial charge in [-0.1, -0.05) is 42.5 Å². The van der Waals surface area contributed by atoms with Crippen molar-refractivity contribution in [1.82, 2.24) is 0 Å². The minimum Gasteiger partial charge on any atom is -0.872 e. The molecular weight excluding hydrogens is 227 g/mol. The predicted octanol–water partition coefficient (Wildman–Crippen LogP) is -0.830. The summed E-state index contributed by atoms with van der Waals surface area (Å²) in [7, 11) is 0. The van der Waals surface area contributed by atoms with E-state index in [0.717, 1.165) is 0 Å². The van der Waals surface area contributed by atoms with E-state index < -0.39 is 0 Å². The van der Waals surface area contributed by atoms with E-state index in [-0.39, 0.29) is 46.8 Å². The summed E-state index contributed by atoms with van der Waals surface area (Å²) in [6, 6.07) is 13.2. The first-order chi connectivity index (χ1) is 7.61. The molecule has 0 bridgehead atoms. The van der Waals surface area contributed by atoms with Crippen LogP contribution < -0.4 is 34.7 Å². The zero-order chi connectivity index (χ0) is 12.0. The Bertz CT molecular complexity index is 423. The third kappa shape index (κ3) is 5.63. The van der Waals surface area contributed by atoms with Crippen LogP contribution in [-0.4, -0.2) is 10.2 Å². The van der Waals surface area contributed by atoms with Crippen molar-refractivity contribution in [3.63, 3.8) is 0 Å². The molecule has 17 heavy (non-hydrogen) atoms. The second kappa shape index (κ2) is 8.01. The molecule has 0 aromatic heterocycles. The third-order valence-corrected chi connectivity index (χ3v) is 1.96. The zero-order valence-electron chi connectivity index (χ0n) is 9.92. The molecule has 0 amide bonds. The summed E-state index contributed by atoms with van der Waals surface area (Å²) in [5.41, 5.74) is 0.690. The number of hydrogen-bond acceptors (Lipinski definition) is 3. The van der Waals surface area contributed by atoms with Gasteiger partial charge in [0, 0.05) is 0 Å². The molecule has 0 atom stereocenters. The van der Waals surface area contributed by atoms with Crippen molar-refractivity contribution in [3.05, 3.63) is 54.1 Å². The molecule has 2 aromatic carbocycles. The molecule has 2 rings (SSSR count). The van der Waals surface area contributed by atoms with Crippen molar-refractivity contribution in [2.24, 2.45) is 0 Å². The Morgan fingerprint density at radius 2 is 1.47 bits per heavy atom. The third-order valence-electron chi connectivity index (χ3n) is 1.96. The van der Waals surface area contributed by atoms with Crippen molar-refractivity contribution in [2.75, 3.05) is 0 Å². The summed E-state index contributed by atoms with van der Waals surface area (Å²) >= 11 is 0. The first-order valence-corrected chi connectivity index (χ1v) is 4.81. The molecule has 0 spiro atoms. The monoisotopic (exact) mass is 240 g/mol. The van der Waals surface area contributed by atoms with Gasteiger partial charge in [0.2, 0.25) is 0 Å². The van der Waals surface area contributed by atoms with Gasteiger partial charge in [-0.05, 0) is 18.6 Å². The normalized spacial score (nSPS) is 8.53. The number of rotatable bonds is 0. The van der Waals surface area contributed by atoms with Crippen LogP contribution in [0, 0.1) is 6.92 Å². The Morgan fingerprint density at radius 3 is 1.82 bits per heavy atom. The van der Waals surface area contributed by atoms with E-state index in [1.807, 2.05) is 6.07 Å². The summed E-state index contributed by atoms with van der Waals surface area (Å²) in [4.78, 5) is 0. The Balaban J connectivity index is 0.000000292. The van der Waals surface area contributed by atoms with Gasteiger partial charge in [-0.3, -0.25) is 0 Å². The number of benzene rings is 2. The van der Waals surface area contributed by atoms with Gasteiger partial charge < -0.3 is 15.3 Å². The fourth-order valence-corrected chi connectivity index (χ4v) is 1.06. The maximum Gasteiger partial charge on any atom is 1.00 e. The molecule has 0 aliphatic rings. The Morgan fingerprint density at radius 1 is 0.882 bits per heavy atom. The van der Waals surface area contributed by atoms with Crippen LogP contribution in [-0.2, 0) is 0 Å². The van der Waals surface area contributed by atoms with Crippen molar-refractivity contribution in [2.45, 2.75) is 6.92 Å². The molecule has 0 aliphatic heterocycles. The topological polar surface area (TPSA) is 63.5 Å². The van der Waals surface area contributed by atoms with Gasteiger partial charge in [-0.25, -0.2) is 0 Å². The quantitative estimate of drug-likeness (QED) is 0.467. The number of aromatic hydroxyl groups is 2. The van der Waals surface area contributed by atoms with E-state index in [0.29, 0.717) is 5.56 Å². The summed E-state index contributed by atoms with van der Waals surface area (Å²) in [6.07, 6.45) is 0. The SMILES string of the molecule is Cc1cccc(O)c1O.[Na+].[O-]c1ccccc1. The number of phenolic OH excluding ortho intramolecular Hbond substituents is 2. The number of para-hydroxylation sites is 2. The number of hydrogen-bond donors (Lipinski definition) is 2. The molecule has 0 fully saturated rings. The average molecular weight is 240 g/mol. The van der Waals surface area contributed by atoms with Gasteiger partial charge in [-0.2, -0.15) is 0 Å². The molecule has 2 N–H and O–H groups in total. The minimum absolute atomic E-state index is 0. The molecule has 84 valence electrons. The van der Waals surface area contributed by atoms with Gasteiger partial charge >= 0.3 is 29.6 Å². The second-order valence-electron chi connectivity index (χ2n) is 3.26. The van der Waals surface area contributed by atoms with E-state index in [1.165, 1.54) is 18.2 Å². The molecule has 3 nitrogen and oxygen atoms in total. The van der Waals surface area contributed by atoms with E-state index in [1.54, 1.807) is 31.2 Å². The fraction of sp³-hybridized carbons (Fsp3) is 0.0769. The van der Waals surface area contributed by atoms with Gasteiger partial charge in [0.1, 0.15) is 0 Å². The van der Waals surface area contributed by atoms with Crippen molar-refractivity contribution in [3.8, 4) is 17.2 Å². The van der Waals surface area contributed by atoms with Crippen molar-refractivity contribution < 1.29 is 44.9 Å². The Labute approximate surface area is 123 Å².